The highest BCUT2D eigenvalue weighted by Crippen LogP contribution is 2.55. The SMILES string of the molecule is O[C@]1(Cc2cccc(-c3ccccc3)n2)[C@@H]2OC3(CCCCC3)O[C@@H]2CO[C@]12COC1(CCCCC1)O2. The highest BCUT2D eigenvalue weighted by Gasteiger charge is 2.72. The second-order valence-corrected chi connectivity index (χ2v) is 11.6. The van der Waals surface area contributed by atoms with Crippen molar-refractivity contribution in [1.29, 1.82) is 0 Å². The van der Waals surface area contributed by atoms with Crippen LogP contribution in [0.2, 0.25) is 0 Å². The Balaban J connectivity index is 1.25. The van der Waals surface area contributed by atoms with Crippen molar-refractivity contribution in [3.8, 4) is 11.3 Å². The molecule has 4 heterocycles. The van der Waals surface area contributed by atoms with Gasteiger partial charge in [-0.25, -0.2) is 0 Å². The van der Waals surface area contributed by atoms with E-state index in [-0.39, 0.29) is 19.1 Å². The molecule has 2 aliphatic carbocycles. The average Bonchev–Trinajstić information content (AvgIpc) is 3.48. The molecule has 1 aromatic carbocycles. The van der Waals surface area contributed by atoms with Crippen molar-refractivity contribution in [2.24, 2.45) is 0 Å². The predicted octanol–water partition coefficient (Wildman–Crippen LogP) is 4.90. The molecule has 4 atom stereocenters. The number of hydrogen-bond donors (Lipinski definition) is 1. The molecule has 5 fully saturated rings. The van der Waals surface area contributed by atoms with Gasteiger partial charge < -0.3 is 28.8 Å². The molecule has 37 heavy (non-hydrogen) atoms. The number of fused-ring (bicyclic) bond motifs is 1. The third-order valence-electron chi connectivity index (χ3n) is 9.09. The topological polar surface area (TPSA) is 79.3 Å². The summed E-state index contributed by atoms with van der Waals surface area (Å²) in [4.78, 5) is 4.95. The predicted molar refractivity (Wildman–Crippen MR) is 135 cm³/mol. The van der Waals surface area contributed by atoms with Gasteiger partial charge in [0.05, 0.1) is 12.3 Å². The van der Waals surface area contributed by atoms with Crippen LogP contribution in [0.3, 0.4) is 0 Å². The van der Waals surface area contributed by atoms with E-state index in [4.69, 9.17) is 28.7 Å². The number of pyridine rings is 1. The van der Waals surface area contributed by atoms with E-state index < -0.39 is 29.1 Å². The number of hydrogen-bond acceptors (Lipinski definition) is 7. The van der Waals surface area contributed by atoms with Crippen molar-refractivity contribution in [3.05, 3.63) is 54.2 Å². The molecule has 0 bridgehead atoms. The summed E-state index contributed by atoms with van der Waals surface area (Å²) < 4.78 is 32.9. The number of benzene rings is 1. The summed E-state index contributed by atoms with van der Waals surface area (Å²) in [7, 11) is 0. The van der Waals surface area contributed by atoms with Crippen molar-refractivity contribution in [1.82, 2.24) is 4.98 Å². The number of ether oxygens (including phenoxy) is 5. The van der Waals surface area contributed by atoms with Gasteiger partial charge in [-0.15, -0.1) is 0 Å². The van der Waals surface area contributed by atoms with Crippen LogP contribution < -0.4 is 0 Å². The van der Waals surface area contributed by atoms with Crippen molar-refractivity contribution < 1.29 is 28.8 Å². The first-order chi connectivity index (χ1) is 18.0. The maximum atomic E-state index is 12.8. The average molecular weight is 508 g/mol. The molecule has 7 rings (SSSR count). The molecule has 2 aromatic rings. The normalized spacial score (nSPS) is 36.2. The van der Waals surface area contributed by atoms with Crippen LogP contribution >= 0.6 is 0 Å². The minimum absolute atomic E-state index is 0.168. The Kier molecular flexibility index (Phi) is 5.96. The molecule has 0 amide bonds. The Morgan fingerprint density at radius 1 is 0.784 bits per heavy atom. The van der Waals surface area contributed by atoms with E-state index in [2.05, 4.69) is 0 Å². The Hall–Kier alpha value is -1.87. The van der Waals surface area contributed by atoms with E-state index in [1.807, 2.05) is 48.5 Å². The van der Waals surface area contributed by atoms with Gasteiger partial charge in [-0.05, 0) is 37.8 Å². The van der Waals surface area contributed by atoms with Gasteiger partial charge in [-0.1, -0.05) is 49.2 Å². The first-order valence-corrected chi connectivity index (χ1v) is 14.1. The summed E-state index contributed by atoms with van der Waals surface area (Å²) in [5.74, 6) is -2.70. The molecule has 3 spiro atoms. The Labute approximate surface area is 218 Å². The molecule has 3 saturated heterocycles. The molecule has 2 saturated carbocycles. The summed E-state index contributed by atoms with van der Waals surface area (Å²) in [5, 5.41) is 12.8. The van der Waals surface area contributed by atoms with Gasteiger partial charge in [0.2, 0.25) is 5.79 Å². The lowest BCUT2D eigenvalue weighted by Gasteiger charge is -2.51. The Bertz CT molecular complexity index is 1100. The van der Waals surface area contributed by atoms with Crippen LogP contribution in [0.5, 0.6) is 0 Å². The zero-order chi connectivity index (χ0) is 25.0. The largest absolute Gasteiger partial charge is 0.381 e. The maximum absolute atomic E-state index is 12.8. The molecular weight excluding hydrogens is 470 g/mol. The summed E-state index contributed by atoms with van der Waals surface area (Å²) in [6, 6.07) is 16.0. The summed E-state index contributed by atoms with van der Waals surface area (Å²) in [6.45, 7) is 0.479. The minimum atomic E-state index is -1.53. The van der Waals surface area contributed by atoms with Gasteiger partial charge >= 0.3 is 0 Å². The Morgan fingerprint density at radius 3 is 2.27 bits per heavy atom. The maximum Gasteiger partial charge on any atom is 0.227 e. The van der Waals surface area contributed by atoms with E-state index >= 15 is 0 Å². The summed E-state index contributed by atoms with van der Waals surface area (Å²) in [6.07, 6.45) is 9.13. The van der Waals surface area contributed by atoms with Gasteiger partial charge in [0, 0.05) is 43.4 Å². The van der Waals surface area contributed by atoms with Gasteiger partial charge in [0.1, 0.15) is 18.8 Å². The monoisotopic (exact) mass is 507 g/mol. The van der Waals surface area contributed by atoms with E-state index in [1.54, 1.807) is 0 Å². The third kappa shape index (κ3) is 4.06. The zero-order valence-corrected chi connectivity index (χ0v) is 21.4. The van der Waals surface area contributed by atoms with E-state index in [1.165, 1.54) is 12.8 Å². The molecule has 1 aromatic heterocycles. The first-order valence-electron chi connectivity index (χ1n) is 14.1. The molecule has 5 aliphatic rings. The molecule has 1 N–H and O–H groups in total. The number of rotatable bonds is 3. The zero-order valence-electron chi connectivity index (χ0n) is 21.4. The number of aromatic nitrogens is 1. The lowest BCUT2D eigenvalue weighted by atomic mass is 9.78. The van der Waals surface area contributed by atoms with Crippen LogP contribution in [0.15, 0.2) is 48.5 Å². The Morgan fingerprint density at radius 2 is 1.51 bits per heavy atom. The van der Waals surface area contributed by atoms with Crippen molar-refractivity contribution >= 4 is 0 Å². The second kappa shape index (κ2) is 9.11. The highest BCUT2D eigenvalue weighted by molar-refractivity contribution is 5.58. The molecule has 0 unspecified atom stereocenters. The fraction of sp³-hybridized carbons (Fsp3) is 0.633. The van der Waals surface area contributed by atoms with Crippen LogP contribution in [0.1, 0.15) is 69.9 Å². The van der Waals surface area contributed by atoms with Crippen molar-refractivity contribution in [2.75, 3.05) is 13.2 Å². The van der Waals surface area contributed by atoms with E-state index in [9.17, 15) is 5.11 Å². The molecule has 7 nitrogen and oxygen atoms in total. The van der Waals surface area contributed by atoms with Crippen LogP contribution in [-0.2, 0) is 30.1 Å². The standard InChI is InChI=1S/C30H37NO6/c32-29(19-23-13-10-14-24(31-23)22-11-4-1-5-12-22)26-25(35-28(36-26)17-8-3-9-18-28)20-33-30(29)21-34-27(37-30)15-6-2-7-16-27/h1,4-5,10-14,25-26,32H,2-3,6-9,15-21H2/t25-,26-,29-,30+/m1/s1. The molecule has 0 radical (unpaired) electrons. The second-order valence-electron chi connectivity index (χ2n) is 11.6. The van der Waals surface area contributed by atoms with Gasteiger partial charge in [-0.3, -0.25) is 4.98 Å². The smallest absolute Gasteiger partial charge is 0.227 e. The van der Waals surface area contributed by atoms with Gasteiger partial charge in [0.15, 0.2) is 17.2 Å². The van der Waals surface area contributed by atoms with E-state index in [0.717, 1.165) is 68.3 Å². The molecule has 7 heteroatoms. The van der Waals surface area contributed by atoms with Crippen LogP contribution in [0, 0.1) is 0 Å². The van der Waals surface area contributed by atoms with Gasteiger partial charge in [-0.2, -0.15) is 0 Å². The fourth-order valence-electron chi connectivity index (χ4n) is 7.15. The van der Waals surface area contributed by atoms with Gasteiger partial charge in [0.25, 0.3) is 0 Å². The molecule has 198 valence electrons. The van der Waals surface area contributed by atoms with Crippen LogP contribution in [0.25, 0.3) is 11.3 Å². The lowest BCUT2D eigenvalue weighted by Crippen LogP contribution is -2.72. The summed E-state index contributed by atoms with van der Waals surface area (Å²) in [5.41, 5.74) is 1.13. The highest BCUT2D eigenvalue weighted by atomic mass is 16.9. The van der Waals surface area contributed by atoms with Crippen LogP contribution in [0.4, 0.5) is 0 Å². The number of aliphatic hydroxyl groups is 1. The number of nitrogens with zero attached hydrogens (tertiary/aromatic N) is 1. The quantitative estimate of drug-likeness (QED) is 0.633. The van der Waals surface area contributed by atoms with Crippen LogP contribution in [-0.4, -0.2) is 58.5 Å². The summed E-state index contributed by atoms with van der Waals surface area (Å²) >= 11 is 0. The van der Waals surface area contributed by atoms with E-state index in [0.29, 0.717) is 6.61 Å². The fourth-order valence-corrected chi connectivity index (χ4v) is 7.15. The first kappa shape index (κ1) is 24.2. The molecule has 3 aliphatic heterocycles. The van der Waals surface area contributed by atoms with Crippen molar-refractivity contribution in [3.63, 3.8) is 0 Å². The third-order valence-corrected chi connectivity index (χ3v) is 9.09. The van der Waals surface area contributed by atoms with Crippen molar-refractivity contribution in [2.45, 2.75) is 106 Å². The molecular formula is C30H37NO6. The minimum Gasteiger partial charge on any atom is -0.381 e. The lowest BCUT2D eigenvalue weighted by molar-refractivity contribution is -0.373.